The summed E-state index contributed by atoms with van der Waals surface area (Å²) in [6.45, 7) is 3.25. The number of ether oxygens (including phenoxy) is 1. The lowest BCUT2D eigenvalue weighted by atomic mass is 10.3. The molecule has 2 amide bonds. The zero-order valence-corrected chi connectivity index (χ0v) is 11.5. The standard InChI is InChI=1S/C12H20N2O5/c1-4-19-10(15)7-14(9-5-6-9)12(18)13(3)8(2)11(16)17/h8-9H,4-7H2,1-3H3,(H,16,17). The molecule has 1 rings (SSSR count). The molecule has 0 radical (unpaired) electrons. The van der Waals surface area contributed by atoms with E-state index < -0.39 is 24.0 Å². The van der Waals surface area contributed by atoms with Crippen LogP contribution in [0.15, 0.2) is 0 Å². The molecule has 0 spiro atoms. The van der Waals surface area contributed by atoms with Crippen LogP contribution in [0.5, 0.6) is 0 Å². The molecule has 7 heteroatoms. The first-order chi connectivity index (χ1) is 8.88. The SMILES string of the molecule is CCOC(=O)CN(C(=O)N(C)C(C)C(=O)O)C1CC1. The Bertz CT molecular complexity index is 367. The number of carboxylic acid groups (broad SMARTS) is 1. The lowest BCUT2D eigenvalue weighted by molar-refractivity contribution is -0.144. The molecule has 1 N–H and O–H groups in total. The van der Waals surface area contributed by atoms with Crippen LogP contribution >= 0.6 is 0 Å². The van der Waals surface area contributed by atoms with Gasteiger partial charge in [-0.15, -0.1) is 0 Å². The molecule has 19 heavy (non-hydrogen) atoms. The number of carbonyl (C=O) groups excluding carboxylic acids is 2. The maximum atomic E-state index is 12.2. The average molecular weight is 272 g/mol. The number of esters is 1. The highest BCUT2D eigenvalue weighted by Crippen LogP contribution is 2.27. The van der Waals surface area contributed by atoms with Crippen molar-refractivity contribution >= 4 is 18.0 Å². The summed E-state index contributed by atoms with van der Waals surface area (Å²) in [5.41, 5.74) is 0. The van der Waals surface area contributed by atoms with Crippen LogP contribution in [-0.4, -0.2) is 65.2 Å². The van der Waals surface area contributed by atoms with E-state index in [-0.39, 0.29) is 19.2 Å². The summed E-state index contributed by atoms with van der Waals surface area (Å²) < 4.78 is 4.82. The number of aliphatic carboxylic acids is 1. The third-order valence-corrected chi connectivity index (χ3v) is 3.08. The highest BCUT2D eigenvalue weighted by Gasteiger charge is 2.37. The summed E-state index contributed by atoms with van der Waals surface area (Å²) in [7, 11) is 1.42. The monoisotopic (exact) mass is 272 g/mol. The van der Waals surface area contributed by atoms with Crippen molar-refractivity contribution in [3.8, 4) is 0 Å². The number of likely N-dealkylation sites (N-methyl/N-ethyl adjacent to an activating group) is 1. The Balaban J connectivity index is 2.68. The summed E-state index contributed by atoms with van der Waals surface area (Å²) in [6, 6.07) is -1.37. The maximum absolute atomic E-state index is 12.2. The van der Waals surface area contributed by atoms with Gasteiger partial charge >= 0.3 is 18.0 Å². The minimum absolute atomic E-state index is 0.0142. The Morgan fingerprint density at radius 2 is 1.95 bits per heavy atom. The van der Waals surface area contributed by atoms with Gasteiger partial charge in [-0.25, -0.2) is 9.59 Å². The number of carbonyl (C=O) groups is 3. The Labute approximate surface area is 112 Å². The summed E-state index contributed by atoms with van der Waals surface area (Å²) in [5, 5.41) is 8.90. The van der Waals surface area contributed by atoms with Crippen LogP contribution in [0.3, 0.4) is 0 Å². The van der Waals surface area contributed by atoms with Crippen molar-refractivity contribution < 1.29 is 24.2 Å². The van der Waals surface area contributed by atoms with E-state index in [4.69, 9.17) is 9.84 Å². The first kappa shape index (κ1) is 15.3. The van der Waals surface area contributed by atoms with Crippen LogP contribution in [0, 0.1) is 0 Å². The average Bonchev–Trinajstić information content (AvgIpc) is 3.17. The van der Waals surface area contributed by atoms with E-state index in [9.17, 15) is 14.4 Å². The summed E-state index contributed by atoms with van der Waals surface area (Å²) in [6.07, 6.45) is 1.67. The van der Waals surface area contributed by atoms with Crippen molar-refractivity contribution in [1.29, 1.82) is 0 Å². The molecule has 1 aliphatic rings. The fraction of sp³-hybridized carbons (Fsp3) is 0.750. The summed E-state index contributed by atoms with van der Waals surface area (Å²) >= 11 is 0. The van der Waals surface area contributed by atoms with E-state index in [0.717, 1.165) is 17.7 Å². The second-order valence-electron chi connectivity index (χ2n) is 4.57. The second-order valence-corrected chi connectivity index (χ2v) is 4.57. The molecule has 1 saturated carbocycles. The molecule has 0 bridgehead atoms. The third-order valence-electron chi connectivity index (χ3n) is 3.08. The minimum Gasteiger partial charge on any atom is -0.480 e. The lowest BCUT2D eigenvalue weighted by Gasteiger charge is -2.29. The molecule has 0 aromatic heterocycles. The lowest BCUT2D eigenvalue weighted by Crippen LogP contribution is -2.50. The molecule has 0 aromatic rings. The Hall–Kier alpha value is -1.79. The second kappa shape index (κ2) is 6.40. The number of urea groups is 1. The van der Waals surface area contributed by atoms with Gasteiger partial charge in [-0.2, -0.15) is 0 Å². The molecule has 0 aliphatic heterocycles. The van der Waals surface area contributed by atoms with Crippen LogP contribution in [-0.2, 0) is 14.3 Å². The predicted octanol–water partition coefficient (Wildman–Crippen LogP) is 0.539. The van der Waals surface area contributed by atoms with E-state index in [1.807, 2.05) is 0 Å². The fourth-order valence-corrected chi connectivity index (χ4v) is 1.62. The van der Waals surface area contributed by atoms with Crippen LogP contribution in [0.25, 0.3) is 0 Å². The van der Waals surface area contributed by atoms with E-state index >= 15 is 0 Å². The minimum atomic E-state index is -1.08. The number of amides is 2. The first-order valence-electron chi connectivity index (χ1n) is 6.30. The molecular formula is C12H20N2O5. The Kier molecular flexibility index (Phi) is 5.14. The molecule has 0 heterocycles. The Morgan fingerprint density at radius 3 is 2.37 bits per heavy atom. The molecule has 108 valence electrons. The molecule has 1 atom stereocenters. The smallest absolute Gasteiger partial charge is 0.326 e. The number of hydrogen-bond donors (Lipinski definition) is 1. The Morgan fingerprint density at radius 1 is 1.37 bits per heavy atom. The van der Waals surface area contributed by atoms with Gasteiger partial charge in [0.05, 0.1) is 6.61 Å². The van der Waals surface area contributed by atoms with Gasteiger partial charge in [-0.1, -0.05) is 0 Å². The maximum Gasteiger partial charge on any atom is 0.326 e. The number of carboxylic acids is 1. The fourth-order valence-electron chi connectivity index (χ4n) is 1.62. The van der Waals surface area contributed by atoms with Crippen molar-refractivity contribution in [2.24, 2.45) is 0 Å². The van der Waals surface area contributed by atoms with Gasteiger partial charge in [0.15, 0.2) is 0 Å². The topological polar surface area (TPSA) is 87.2 Å². The molecule has 1 fully saturated rings. The van der Waals surface area contributed by atoms with Gasteiger partial charge in [-0.3, -0.25) is 4.79 Å². The highest BCUT2D eigenvalue weighted by atomic mass is 16.5. The summed E-state index contributed by atoms with van der Waals surface area (Å²) in [4.78, 5) is 37.0. The van der Waals surface area contributed by atoms with Crippen molar-refractivity contribution in [2.75, 3.05) is 20.2 Å². The molecule has 1 aliphatic carbocycles. The van der Waals surface area contributed by atoms with Gasteiger partial charge in [0.25, 0.3) is 0 Å². The van der Waals surface area contributed by atoms with Gasteiger partial charge in [0, 0.05) is 13.1 Å². The highest BCUT2D eigenvalue weighted by molar-refractivity contribution is 5.85. The molecular weight excluding hydrogens is 252 g/mol. The van der Waals surface area contributed by atoms with E-state index in [2.05, 4.69) is 0 Å². The van der Waals surface area contributed by atoms with E-state index in [0.29, 0.717) is 0 Å². The van der Waals surface area contributed by atoms with E-state index in [1.165, 1.54) is 18.9 Å². The molecule has 7 nitrogen and oxygen atoms in total. The molecule has 0 saturated heterocycles. The van der Waals surface area contributed by atoms with Crippen molar-refractivity contribution in [3.05, 3.63) is 0 Å². The predicted molar refractivity (Wildman–Crippen MR) is 66.6 cm³/mol. The van der Waals surface area contributed by atoms with E-state index in [1.54, 1.807) is 6.92 Å². The first-order valence-corrected chi connectivity index (χ1v) is 6.30. The van der Waals surface area contributed by atoms with Crippen molar-refractivity contribution in [2.45, 2.75) is 38.8 Å². The van der Waals surface area contributed by atoms with Crippen LogP contribution in [0.4, 0.5) is 4.79 Å². The number of nitrogens with zero attached hydrogens (tertiary/aromatic N) is 2. The van der Waals surface area contributed by atoms with Crippen LogP contribution in [0.2, 0.25) is 0 Å². The summed E-state index contributed by atoms with van der Waals surface area (Å²) in [5.74, 6) is -1.55. The number of hydrogen-bond acceptors (Lipinski definition) is 4. The van der Waals surface area contributed by atoms with Crippen molar-refractivity contribution in [3.63, 3.8) is 0 Å². The molecule has 0 aromatic carbocycles. The quantitative estimate of drug-likeness (QED) is 0.713. The largest absolute Gasteiger partial charge is 0.480 e. The molecule has 1 unspecified atom stereocenters. The zero-order valence-electron chi connectivity index (χ0n) is 11.5. The van der Waals surface area contributed by atoms with Gasteiger partial charge in [-0.05, 0) is 26.7 Å². The van der Waals surface area contributed by atoms with Crippen molar-refractivity contribution in [1.82, 2.24) is 9.80 Å². The van der Waals surface area contributed by atoms with Gasteiger partial charge in [0.2, 0.25) is 0 Å². The van der Waals surface area contributed by atoms with Gasteiger partial charge in [0.1, 0.15) is 12.6 Å². The number of rotatable bonds is 6. The van der Waals surface area contributed by atoms with Gasteiger partial charge < -0.3 is 19.6 Å². The van der Waals surface area contributed by atoms with Crippen LogP contribution < -0.4 is 0 Å². The van der Waals surface area contributed by atoms with Crippen LogP contribution in [0.1, 0.15) is 26.7 Å². The third kappa shape index (κ3) is 4.11. The zero-order chi connectivity index (χ0) is 14.6. The normalized spacial score (nSPS) is 15.5.